The molecule has 0 aromatic heterocycles. The van der Waals surface area contributed by atoms with Gasteiger partial charge in [-0.3, -0.25) is 4.79 Å². The summed E-state index contributed by atoms with van der Waals surface area (Å²) in [6.07, 6.45) is 7.58. The van der Waals surface area contributed by atoms with Crippen LogP contribution in [-0.4, -0.2) is 12.9 Å². The number of benzene rings is 1. The number of Topliss-reactive ketones (excluding diaryl/α,β-unsaturated/α-hetero) is 1. The summed E-state index contributed by atoms with van der Waals surface area (Å²) in [5.41, 5.74) is 2.52. The van der Waals surface area contributed by atoms with E-state index in [4.69, 9.17) is 4.74 Å². The number of methoxy groups -OCH3 is 1. The van der Waals surface area contributed by atoms with Gasteiger partial charge in [0.15, 0.2) is 0 Å². The third kappa shape index (κ3) is 3.72. The zero-order valence-corrected chi connectivity index (χ0v) is 12.5. The molecule has 0 amide bonds. The summed E-state index contributed by atoms with van der Waals surface area (Å²) in [5, 5.41) is 0. The Morgan fingerprint density at radius 3 is 2.75 bits per heavy atom. The molecule has 2 nitrogen and oxygen atoms in total. The summed E-state index contributed by atoms with van der Waals surface area (Å²) >= 11 is 0. The Morgan fingerprint density at radius 2 is 2.10 bits per heavy atom. The summed E-state index contributed by atoms with van der Waals surface area (Å²) < 4.78 is 5.21. The van der Waals surface area contributed by atoms with Crippen LogP contribution in [0.3, 0.4) is 0 Å². The number of hydrogen-bond acceptors (Lipinski definition) is 2. The highest BCUT2D eigenvalue weighted by molar-refractivity contribution is 5.83. The van der Waals surface area contributed by atoms with E-state index in [1.165, 1.54) is 24.8 Å². The topological polar surface area (TPSA) is 26.3 Å². The van der Waals surface area contributed by atoms with E-state index in [-0.39, 0.29) is 11.7 Å². The molecule has 1 aromatic rings. The van der Waals surface area contributed by atoms with Gasteiger partial charge in [0.1, 0.15) is 5.78 Å². The molecule has 2 atom stereocenters. The summed E-state index contributed by atoms with van der Waals surface area (Å²) in [7, 11) is 1.71. The minimum absolute atomic E-state index is 0.0135. The van der Waals surface area contributed by atoms with Crippen LogP contribution in [0, 0.1) is 5.92 Å². The van der Waals surface area contributed by atoms with Crippen LogP contribution in [0.25, 0.3) is 0 Å². The zero-order chi connectivity index (χ0) is 14.4. The molecule has 0 aliphatic heterocycles. The molecule has 0 N–H and O–H groups in total. The molecule has 1 fully saturated rings. The van der Waals surface area contributed by atoms with E-state index in [0.29, 0.717) is 5.92 Å². The summed E-state index contributed by atoms with van der Waals surface area (Å²) in [4.78, 5) is 12.0. The highest BCUT2D eigenvalue weighted by Crippen LogP contribution is 2.37. The second-order valence-electron chi connectivity index (χ2n) is 5.68. The van der Waals surface area contributed by atoms with E-state index in [1.807, 2.05) is 24.5 Å². The van der Waals surface area contributed by atoms with Crippen LogP contribution < -0.4 is 0 Å². The standard InChI is InChI=1S/C18H24O2/c1-14(19)18(15-8-4-3-5-9-15)12-16-10-6-7-11-17(16)13-20-2/h3-5,8-9,13,16,18H,6-7,10-12H2,1-2H3/b17-13+/t16-,18+/m1/s1. The molecular formula is C18H24O2. The van der Waals surface area contributed by atoms with Crippen LogP contribution in [0.15, 0.2) is 42.2 Å². The highest BCUT2D eigenvalue weighted by atomic mass is 16.5. The molecule has 2 rings (SSSR count). The van der Waals surface area contributed by atoms with E-state index < -0.39 is 0 Å². The quantitative estimate of drug-likeness (QED) is 0.739. The van der Waals surface area contributed by atoms with Crippen molar-refractivity contribution in [3.05, 3.63) is 47.7 Å². The lowest BCUT2D eigenvalue weighted by Crippen LogP contribution is -2.18. The Morgan fingerprint density at radius 1 is 1.35 bits per heavy atom. The fourth-order valence-corrected chi connectivity index (χ4v) is 3.19. The molecule has 0 unspecified atom stereocenters. The first kappa shape index (κ1) is 14.8. The third-order valence-corrected chi connectivity index (χ3v) is 4.27. The van der Waals surface area contributed by atoms with Gasteiger partial charge in [0, 0.05) is 5.92 Å². The molecular weight excluding hydrogens is 248 g/mol. The highest BCUT2D eigenvalue weighted by Gasteiger charge is 2.26. The Balaban J connectivity index is 2.15. The number of allylic oxidation sites excluding steroid dienone is 1. The number of carbonyl (C=O) groups is 1. The Hall–Kier alpha value is -1.57. The molecule has 2 heteroatoms. The monoisotopic (exact) mass is 272 g/mol. The summed E-state index contributed by atoms with van der Waals surface area (Å²) in [6.45, 7) is 1.71. The minimum atomic E-state index is 0.0135. The molecule has 1 aliphatic rings. The van der Waals surface area contributed by atoms with Gasteiger partial charge in [-0.25, -0.2) is 0 Å². The second-order valence-corrected chi connectivity index (χ2v) is 5.68. The van der Waals surface area contributed by atoms with Crippen molar-refractivity contribution in [3.8, 4) is 0 Å². The Kier molecular flexibility index (Phi) is 5.40. The number of ether oxygens (including phenoxy) is 1. The number of ketones is 1. The predicted molar refractivity (Wildman–Crippen MR) is 81.5 cm³/mol. The normalized spacial score (nSPS) is 22.5. The van der Waals surface area contributed by atoms with Gasteiger partial charge in [-0.05, 0) is 49.7 Å². The molecule has 108 valence electrons. The van der Waals surface area contributed by atoms with Gasteiger partial charge in [0.05, 0.1) is 13.4 Å². The molecule has 0 spiro atoms. The van der Waals surface area contributed by atoms with Crippen LogP contribution in [0.4, 0.5) is 0 Å². The zero-order valence-electron chi connectivity index (χ0n) is 12.5. The van der Waals surface area contributed by atoms with Crippen LogP contribution in [0.2, 0.25) is 0 Å². The first-order chi connectivity index (χ1) is 9.72. The minimum Gasteiger partial charge on any atom is -0.504 e. The predicted octanol–water partition coefficient (Wildman–Crippen LogP) is 4.47. The number of rotatable bonds is 5. The van der Waals surface area contributed by atoms with Crippen LogP contribution in [0.5, 0.6) is 0 Å². The van der Waals surface area contributed by atoms with Gasteiger partial charge in [0.25, 0.3) is 0 Å². The molecule has 1 aromatic carbocycles. The van der Waals surface area contributed by atoms with E-state index >= 15 is 0 Å². The smallest absolute Gasteiger partial charge is 0.137 e. The van der Waals surface area contributed by atoms with Crippen molar-refractivity contribution in [1.82, 2.24) is 0 Å². The fraction of sp³-hybridized carbons (Fsp3) is 0.500. The molecule has 0 radical (unpaired) electrons. The maximum atomic E-state index is 12.0. The molecule has 20 heavy (non-hydrogen) atoms. The molecule has 1 aliphatic carbocycles. The first-order valence-corrected chi connectivity index (χ1v) is 7.49. The summed E-state index contributed by atoms with van der Waals surface area (Å²) in [5.74, 6) is 0.760. The van der Waals surface area contributed by atoms with Gasteiger partial charge >= 0.3 is 0 Å². The number of carbonyl (C=O) groups excluding carboxylic acids is 1. The van der Waals surface area contributed by atoms with E-state index in [1.54, 1.807) is 14.0 Å². The molecule has 0 heterocycles. The first-order valence-electron chi connectivity index (χ1n) is 7.49. The molecule has 1 saturated carbocycles. The lowest BCUT2D eigenvalue weighted by molar-refractivity contribution is -0.118. The van der Waals surface area contributed by atoms with Crippen LogP contribution in [0.1, 0.15) is 50.5 Å². The van der Waals surface area contributed by atoms with Crippen molar-refractivity contribution in [2.75, 3.05) is 7.11 Å². The van der Waals surface area contributed by atoms with Gasteiger partial charge in [-0.2, -0.15) is 0 Å². The maximum absolute atomic E-state index is 12.0. The van der Waals surface area contributed by atoms with E-state index in [9.17, 15) is 4.79 Å². The third-order valence-electron chi connectivity index (χ3n) is 4.27. The van der Waals surface area contributed by atoms with Gasteiger partial charge < -0.3 is 4.74 Å². The number of hydrogen-bond donors (Lipinski definition) is 0. The van der Waals surface area contributed by atoms with Gasteiger partial charge in [0.2, 0.25) is 0 Å². The Labute approximate surface area is 121 Å². The second kappa shape index (κ2) is 7.28. The van der Waals surface area contributed by atoms with Gasteiger partial charge in [-0.15, -0.1) is 0 Å². The van der Waals surface area contributed by atoms with Gasteiger partial charge in [-0.1, -0.05) is 36.8 Å². The SMILES string of the molecule is CO/C=C1\CCCC[C@@H]1C[C@@H](C(C)=O)c1ccccc1. The Bertz CT molecular complexity index is 462. The van der Waals surface area contributed by atoms with Crippen molar-refractivity contribution < 1.29 is 9.53 Å². The lowest BCUT2D eigenvalue weighted by atomic mass is 9.77. The largest absolute Gasteiger partial charge is 0.504 e. The summed E-state index contributed by atoms with van der Waals surface area (Å²) in [6, 6.07) is 10.1. The van der Waals surface area contributed by atoms with Crippen LogP contribution >= 0.6 is 0 Å². The van der Waals surface area contributed by atoms with Crippen molar-refractivity contribution in [2.45, 2.75) is 44.9 Å². The van der Waals surface area contributed by atoms with Crippen molar-refractivity contribution in [1.29, 1.82) is 0 Å². The fourth-order valence-electron chi connectivity index (χ4n) is 3.19. The van der Waals surface area contributed by atoms with E-state index in [2.05, 4.69) is 12.1 Å². The molecule has 0 bridgehead atoms. The van der Waals surface area contributed by atoms with Crippen LogP contribution in [-0.2, 0) is 9.53 Å². The molecule has 0 saturated heterocycles. The van der Waals surface area contributed by atoms with E-state index in [0.717, 1.165) is 18.4 Å². The van der Waals surface area contributed by atoms with Crippen molar-refractivity contribution in [3.63, 3.8) is 0 Å². The van der Waals surface area contributed by atoms with Crippen molar-refractivity contribution in [2.24, 2.45) is 5.92 Å². The average Bonchev–Trinajstić information content (AvgIpc) is 2.47. The maximum Gasteiger partial charge on any atom is 0.137 e. The van der Waals surface area contributed by atoms with Crippen molar-refractivity contribution >= 4 is 5.78 Å². The average molecular weight is 272 g/mol. The lowest BCUT2D eigenvalue weighted by Gasteiger charge is -2.28.